The lowest BCUT2D eigenvalue weighted by Crippen LogP contribution is -2.50. The fourth-order valence-electron chi connectivity index (χ4n) is 2.63. The number of nitrogens with zero attached hydrogens (tertiary/aromatic N) is 3. The quantitative estimate of drug-likeness (QED) is 0.832. The fraction of sp³-hybridized carbons (Fsp3) is 0.467. The molecule has 0 aliphatic carbocycles. The standard InChI is InChI=1S/C15H20N4O/c1-11-4-3-5-13-12(11)10-16-14(17-13)15(20)19-8-6-18(2)7-9-19/h3-5H,6-10H2,1-2H3,(H,16,17). The van der Waals surface area contributed by atoms with Crippen LogP contribution >= 0.6 is 0 Å². The molecule has 5 nitrogen and oxygen atoms in total. The summed E-state index contributed by atoms with van der Waals surface area (Å²) in [7, 11) is 2.08. The number of carbonyl (C=O) groups is 1. The smallest absolute Gasteiger partial charge is 0.289 e. The molecule has 1 aromatic rings. The van der Waals surface area contributed by atoms with Crippen molar-refractivity contribution < 1.29 is 4.79 Å². The van der Waals surface area contributed by atoms with Crippen molar-refractivity contribution >= 4 is 17.4 Å². The minimum absolute atomic E-state index is 0.0188. The molecule has 5 heteroatoms. The molecule has 1 saturated heterocycles. The van der Waals surface area contributed by atoms with Crippen LogP contribution in [0.1, 0.15) is 11.1 Å². The van der Waals surface area contributed by atoms with Crippen molar-refractivity contribution in [1.82, 2.24) is 9.80 Å². The summed E-state index contributed by atoms with van der Waals surface area (Å²) < 4.78 is 0. The summed E-state index contributed by atoms with van der Waals surface area (Å²) in [5.74, 6) is 0.498. The van der Waals surface area contributed by atoms with Crippen molar-refractivity contribution in [2.24, 2.45) is 4.99 Å². The molecule has 0 unspecified atom stereocenters. The Morgan fingerprint density at radius 2 is 2.00 bits per heavy atom. The highest BCUT2D eigenvalue weighted by Gasteiger charge is 2.25. The van der Waals surface area contributed by atoms with Gasteiger partial charge in [0.05, 0.1) is 6.54 Å². The maximum absolute atomic E-state index is 12.5. The van der Waals surface area contributed by atoms with Gasteiger partial charge in [-0.1, -0.05) is 12.1 Å². The van der Waals surface area contributed by atoms with Gasteiger partial charge in [0.25, 0.3) is 5.91 Å². The predicted molar refractivity (Wildman–Crippen MR) is 80.0 cm³/mol. The van der Waals surface area contributed by atoms with Gasteiger partial charge < -0.3 is 15.1 Å². The minimum atomic E-state index is 0.0188. The molecule has 1 amide bonds. The Labute approximate surface area is 119 Å². The first-order chi connectivity index (χ1) is 9.65. The number of hydrogen-bond donors (Lipinski definition) is 1. The zero-order chi connectivity index (χ0) is 14.1. The van der Waals surface area contributed by atoms with Gasteiger partial charge in [-0.25, -0.2) is 0 Å². The summed E-state index contributed by atoms with van der Waals surface area (Å²) in [6.07, 6.45) is 0. The van der Waals surface area contributed by atoms with Gasteiger partial charge >= 0.3 is 0 Å². The van der Waals surface area contributed by atoms with Crippen LogP contribution in [0.4, 0.5) is 5.69 Å². The Morgan fingerprint density at radius 1 is 1.25 bits per heavy atom. The zero-order valence-electron chi connectivity index (χ0n) is 12.0. The maximum Gasteiger partial charge on any atom is 0.289 e. The summed E-state index contributed by atoms with van der Waals surface area (Å²) in [5.41, 5.74) is 3.41. The lowest BCUT2D eigenvalue weighted by atomic mass is 10.1. The van der Waals surface area contributed by atoms with E-state index in [-0.39, 0.29) is 5.91 Å². The molecule has 2 aliphatic rings. The molecule has 0 radical (unpaired) electrons. The van der Waals surface area contributed by atoms with Gasteiger partial charge in [-0.3, -0.25) is 9.79 Å². The van der Waals surface area contributed by atoms with E-state index in [0.29, 0.717) is 12.4 Å². The summed E-state index contributed by atoms with van der Waals surface area (Å²) in [6.45, 7) is 6.06. The van der Waals surface area contributed by atoms with Crippen LogP contribution in [0, 0.1) is 6.92 Å². The van der Waals surface area contributed by atoms with Crippen LogP contribution in [0.5, 0.6) is 0 Å². The Balaban J connectivity index is 1.73. The molecule has 0 spiro atoms. The molecule has 0 atom stereocenters. The molecule has 2 heterocycles. The summed E-state index contributed by atoms with van der Waals surface area (Å²) in [5, 5.41) is 3.19. The highest BCUT2D eigenvalue weighted by atomic mass is 16.2. The first-order valence-corrected chi connectivity index (χ1v) is 7.03. The minimum Gasteiger partial charge on any atom is -0.336 e. The number of fused-ring (bicyclic) bond motifs is 1. The van der Waals surface area contributed by atoms with E-state index in [9.17, 15) is 4.79 Å². The number of aryl methyl sites for hydroxylation is 1. The van der Waals surface area contributed by atoms with Gasteiger partial charge in [-0.15, -0.1) is 0 Å². The Kier molecular flexibility index (Phi) is 3.44. The third kappa shape index (κ3) is 2.41. The zero-order valence-corrected chi connectivity index (χ0v) is 12.0. The second-order valence-corrected chi connectivity index (χ2v) is 5.49. The normalized spacial score (nSPS) is 19.1. The molecule has 3 rings (SSSR count). The van der Waals surface area contributed by atoms with Crippen molar-refractivity contribution in [3.8, 4) is 0 Å². The van der Waals surface area contributed by atoms with Crippen LogP contribution in [0.25, 0.3) is 0 Å². The molecule has 20 heavy (non-hydrogen) atoms. The lowest BCUT2D eigenvalue weighted by molar-refractivity contribution is -0.125. The molecular formula is C15H20N4O. The molecule has 0 saturated carbocycles. The largest absolute Gasteiger partial charge is 0.336 e. The highest BCUT2D eigenvalue weighted by Crippen LogP contribution is 2.24. The van der Waals surface area contributed by atoms with Crippen LogP contribution in [0.15, 0.2) is 23.2 Å². The van der Waals surface area contributed by atoms with E-state index in [2.05, 4.69) is 35.2 Å². The number of benzene rings is 1. The SMILES string of the molecule is Cc1cccc2c1CN=C(C(=O)N1CCN(C)CC1)N2. The fourth-order valence-corrected chi connectivity index (χ4v) is 2.63. The number of rotatable bonds is 1. The van der Waals surface area contributed by atoms with Crippen LogP contribution in [-0.4, -0.2) is 54.8 Å². The molecule has 1 fully saturated rings. The van der Waals surface area contributed by atoms with E-state index in [1.54, 1.807) is 0 Å². The Hall–Kier alpha value is -1.88. The van der Waals surface area contributed by atoms with E-state index in [4.69, 9.17) is 0 Å². The second-order valence-electron chi connectivity index (χ2n) is 5.49. The van der Waals surface area contributed by atoms with Crippen molar-refractivity contribution in [2.75, 3.05) is 38.5 Å². The molecular weight excluding hydrogens is 252 g/mol. The first kappa shape index (κ1) is 13.1. The number of aliphatic imine (C=N–C) groups is 1. The van der Waals surface area contributed by atoms with Gasteiger partial charge in [-0.05, 0) is 25.6 Å². The number of piperazine rings is 1. The van der Waals surface area contributed by atoms with Crippen LogP contribution in [0.3, 0.4) is 0 Å². The van der Waals surface area contributed by atoms with Gasteiger partial charge in [0.2, 0.25) is 0 Å². The van der Waals surface area contributed by atoms with E-state index in [1.165, 1.54) is 11.1 Å². The van der Waals surface area contributed by atoms with Crippen molar-refractivity contribution in [3.63, 3.8) is 0 Å². The van der Waals surface area contributed by atoms with Gasteiger partial charge in [0.15, 0.2) is 5.84 Å². The van der Waals surface area contributed by atoms with Crippen molar-refractivity contribution in [2.45, 2.75) is 13.5 Å². The Bertz CT molecular complexity index is 559. The lowest BCUT2D eigenvalue weighted by Gasteiger charge is -2.33. The number of amidine groups is 1. The van der Waals surface area contributed by atoms with E-state index >= 15 is 0 Å². The summed E-state index contributed by atoms with van der Waals surface area (Å²) in [6, 6.07) is 6.09. The molecule has 0 aromatic heterocycles. The van der Waals surface area contributed by atoms with E-state index < -0.39 is 0 Å². The maximum atomic E-state index is 12.5. The van der Waals surface area contributed by atoms with Gasteiger partial charge in [0.1, 0.15) is 0 Å². The summed E-state index contributed by atoms with van der Waals surface area (Å²) >= 11 is 0. The van der Waals surface area contributed by atoms with Crippen molar-refractivity contribution in [3.05, 3.63) is 29.3 Å². The predicted octanol–water partition coefficient (Wildman–Crippen LogP) is 1.09. The van der Waals surface area contributed by atoms with Crippen molar-refractivity contribution in [1.29, 1.82) is 0 Å². The summed E-state index contributed by atoms with van der Waals surface area (Å²) in [4.78, 5) is 21.0. The van der Waals surface area contributed by atoms with Gasteiger partial charge in [0, 0.05) is 37.4 Å². The number of hydrogen-bond acceptors (Lipinski definition) is 4. The molecule has 106 valence electrons. The molecule has 1 N–H and O–H groups in total. The van der Waals surface area contributed by atoms with Crippen LogP contribution in [0.2, 0.25) is 0 Å². The van der Waals surface area contributed by atoms with Gasteiger partial charge in [-0.2, -0.15) is 0 Å². The third-order valence-corrected chi connectivity index (χ3v) is 4.05. The average molecular weight is 272 g/mol. The first-order valence-electron chi connectivity index (χ1n) is 7.03. The van der Waals surface area contributed by atoms with E-state index in [0.717, 1.165) is 31.9 Å². The number of amides is 1. The number of nitrogens with one attached hydrogen (secondary N) is 1. The average Bonchev–Trinajstić information content (AvgIpc) is 2.47. The topological polar surface area (TPSA) is 47.9 Å². The van der Waals surface area contributed by atoms with Crippen LogP contribution < -0.4 is 5.32 Å². The third-order valence-electron chi connectivity index (χ3n) is 4.05. The molecule has 0 bridgehead atoms. The number of carbonyl (C=O) groups excluding carboxylic acids is 1. The van der Waals surface area contributed by atoms with E-state index in [1.807, 2.05) is 17.0 Å². The molecule has 2 aliphatic heterocycles. The second kappa shape index (κ2) is 5.25. The number of anilines is 1. The monoisotopic (exact) mass is 272 g/mol. The Morgan fingerprint density at radius 3 is 2.75 bits per heavy atom. The molecule has 1 aromatic carbocycles. The highest BCUT2D eigenvalue weighted by molar-refractivity contribution is 6.42. The van der Waals surface area contributed by atoms with Crippen LogP contribution in [-0.2, 0) is 11.3 Å². The number of likely N-dealkylation sites (N-methyl/N-ethyl adjacent to an activating group) is 1.